The Morgan fingerprint density at radius 3 is 2.92 bits per heavy atom. The summed E-state index contributed by atoms with van der Waals surface area (Å²) < 4.78 is 3.61. The van der Waals surface area contributed by atoms with Gasteiger partial charge in [0, 0.05) is 8.04 Å². The number of hydrogen-bond acceptors (Lipinski definition) is 2. The highest BCUT2D eigenvalue weighted by molar-refractivity contribution is 14.1. The second-order valence-corrected chi connectivity index (χ2v) is 5.47. The molecule has 0 saturated heterocycles. The van der Waals surface area contributed by atoms with Crippen molar-refractivity contribution in [3.05, 3.63) is 26.2 Å². The van der Waals surface area contributed by atoms with E-state index in [1.165, 1.54) is 13.7 Å². The largest absolute Gasteiger partial charge is 0.391 e. The molecule has 1 nitrogen and oxygen atoms in total. The minimum absolute atomic E-state index is 0.868. The Balaban J connectivity index is 2.89. The fourth-order valence-corrected chi connectivity index (χ4v) is 3.17. The maximum Gasteiger partial charge on any atom is 0.0869 e. The molecule has 0 fully saturated rings. The summed E-state index contributed by atoms with van der Waals surface area (Å²) in [4.78, 5) is 0. The molecular weight excluding hydrogens is 349 g/mol. The van der Waals surface area contributed by atoms with Gasteiger partial charge in [-0.15, -0.1) is 11.3 Å². The fraction of sp³-hybridized carbons (Fsp3) is 0. The molecule has 0 bridgehead atoms. The second kappa shape index (κ2) is 3.16. The molecule has 2 rings (SSSR count). The lowest BCUT2D eigenvalue weighted by molar-refractivity contribution is 1.70. The highest BCUT2D eigenvalue weighted by atomic mass is 127. The Morgan fingerprint density at radius 1 is 1.42 bits per heavy atom. The van der Waals surface area contributed by atoms with Crippen LogP contribution in [0.3, 0.4) is 0 Å². The van der Waals surface area contributed by atoms with Gasteiger partial charge in [-0.2, -0.15) is 0 Å². The van der Waals surface area contributed by atoms with Crippen molar-refractivity contribution in [2.75, 3.05) is 5.73 Å². The first-order valence-corrected chi connectivity index (χ1v) is 6.00. The first-order valence-electron chi connectivity index (χ1n) is 3.31. The van der Waals surface area contributed by atoms with Gasteiger partial charge in [0.15, 0.2) is 0 Å². The van der Waals surface area contributed by atoms with Gasteiger partial charge in [-0.05, 0) is 56.0 Å². The van der Waals surface area contributed by atoms with E-state index in [-0.39, 0.29) is 0 Å². The van der Waals surface area contributed by atoms with E-state index in [2.05, 4.69) is 50.7 Å². The third-order valence-corrected chi connectivity index (χ3v) is 5.32. The number of nitrogen functional groups attached to an aromatic ring is 1. The molecule has 0 radical (unpaired) electrons. The van der Waals surface area contributed by atoms with Gasteiger partial charge in [-0.3, -0.25) is 0 Å². The van der Waals surface area contributed by atoms with Crippen LogP contribution in [-0.2, 0) is 0 Å². The summed E-state index contributed by atoms with van der Waals surface area (Å²) in [7, 11) is 0. The van der Waals surface area contributed by atoms with E-state index in [0.29, 0.717) is 0 Å². The SMILES string of the molecule is Nc1cc2ccc(I)c(Br)c2s1. The number of benzene rings is 1. The minimum Gasteiger partial charge on any atom is -0.391 e. The molecule has 0 atom stereocenters. The number of halogens is 2. The highest BCUT2D eigenvalue weighted by Crippen LogP contribution is 2.35. The smallest absolute Gasteiger partial charge is 0.0869 e. The second-order valence-electron chi connectivity index (χ2n) is 2.43. The summed E-state index contributed by atoms with van der Waals surface area (Å²) in [6.45, 7) is 0. The third kappa shape index (κ3) is 1.36. The number of fused-ring (bicyclic) bond motifs is 1. The molecule has 1 aromatic carbocycles. The molecule has 0 spiro atoms. The maximum absolute atomic E-state index is 5.70. The number of nitrogens with two attached hydrogens (primary N) is 1. The predicted molar refractivity (Wildman–Crippen MR) is 66.7 cm³/mol. The lowest BCUT2D eigenvalue weighted by Crippen LogP contribution is -1.72. The first kappa shape index (κ1) is 8.77. The summed E-state index contributed by atoms with van der Waals surface area (Å²) in [5.74, 6) is 0. The highest BCUT2D eigenvalue weighted by Gasteiger charge is 2.05. The monoisotopic (exact) mass is 353 g/mol. The van der Waals surface area contributed by atoms with Crippen LogP contribution < -0.4 is 5.73 Å². The van der Waals surface area contributed by atoms with Crippen molar-refractivity contribution in [3.8, 4) is 0 Å². The van der Waals surface area contributed by atoms with E-state index in [0.717, 1.165) is 9.47 Å². The van der Waals surface area contributed by atoms with Gasteiger partial charge in [0.05, 0.1) is 9.70 Å². The number of thiophene rings is 1. The molecule has 0 aliphatic heterocycles. The zero-order valence-corrected chi connectivity index (χ0v) is 10.5. The average molecular weight is 354 g/mol. The molecule has 0 saturated carbocycles. The van der Waals surface area contributed by atoms with Crippen LogP contribution in [0.5, 0.6) is 0 Å². The van der Waals surface area contributed by atoms with E-state index >= 15 is 0 Å². The molecule has 2 N–H and O–H groups in total. The Labute approximate surface area is 96.2 Å². The van der Waals surface area contributed by atoms with Crippen LogP contribution in [-0.4, -0.2) is 0 Å². The van der Waals surface area contributed by atoms with Crippen LogP contribution in [0, 0.1) is 3.57 Å². The van der Waals surface area contributed by atoms with E-state index in [1.807, 2.05) is 6.07 Å². The lowest BCUT2D eigenvalue weighted by Gasteiger charge is -1.95. The molecule has 0 aliphatic rings. The molecule has 12 heavy (non-hydrogen) atoms. The van der Waals surface area contributed by atoms with Crippen molar-refractivity contribution < 1.29 is 0 Å². The predicted octanol–water partition coefficient (Wildman–Crippen LogP) is 3.85. The van der Waals surface area contributed by atoms with E-state index < -0.39 is 0 Å². The van der Waals surface area contributed by atoms with Crippen molar-refractivity contribution in [3.63, 3.8) is 0 Å². The molecule has 0 aliphatic carbocycles. The van der Waals surface area contributed by atoms with E-state index in [4.69, 9.17) is 5.73 Å². The Hall–Kier alpha value is 0.190. The molecule has 0 unspecified atom stereocenters. The fourth-order valence-electron chi connectivity index (χ4n) is 1.06. The lowest BCUT2D eigenvalue weighted by atomic mass is 10.3. The average Bonchev–Trinajstić information content (AvgIpc) is 2.39. The van der Waals surface area contributed by atoms with Crippen molar-refractivity contribution in [2.45, 2.75) is 0 Å². The molecule has 0 amide bonds. The molecule has 62 valence electrons. The van der Waals surface area contributed by atoms with E-state index in [1.54, 1.807) is 11.3 Å². The first-order chi connectivity index (χ1) is 5.68. The normalized spacial score (nSPS) is 10.8. The zero-order valence-electron chi connectivity index (χ0n) is 5.97. The van der Waals surface area contributed by atoms with Crippen LogP contribution in [0.25, 0.3) is 10.1 Å². The van der Waals surface area contributed by atoms with Crippen molar-refractivity contribution >= 4 is 64.9 Å². The van der Waals surface area contributed by atoms with Gasteiger partial charge >= 0.3 is 0 Å². The summed E-state index contributed by atoms with van der Waals surface area (Å²) >= 11 is 7.46. The molecular formula is C8H5BrINS. The summed E-state index contributed by atoms with van der Waals surface area (Å²) in [6.07, 6.45) is 0. The Kier molecular flexibility index (Phi) is 2.31. The van der Waals surface area contributed by atoms with Gasteiger partial charge in [-0.1, -0.05) is 6.07 Å². The number of anilines is 1. The maximum atomic E-state index is 5.70. The molecule has 2 aromatic rings. The number of hydrogen-bond donors (Lipinski definition) is 1. The van der Waals surface area contributed by atoms with E-state index in [9.17, 15) is 0 Å². The van der Waals surface area contributed by atoms with Crippen molar-refractivity contribution in [1.82, 2.24) is 0 Å². The van der Waals surface area contributed by atoms with Gasteiger partial charge in [0.2, 0.25) is 0 Å². The van der Waals surface area contributed by atoms with Gasteiger partial charge in [0.1, 0.15) is 0 Å². The molecule has 4 heteroatoms. The van der Waals surface area contributed by atoms with Crippen LogP contribution in [0.1, 0.15) is 0 Å². The minimum atomic E-state index is 0.868. The summed E-state index contributed by atoms with van der Waals surface area (Å²) in [6, 6.07) is 6.18. The molecule has 1 aromatic heterocycles. The summed E-state index contributed by atoms with van der Waals surface area (Å²) in [5.41, 5.74) is 5.70. The van der Waals surface area contributed by atoms with Gasteiger partial charge in [0.25, 0.3) is 0 Å². The quantitative estimate of drug-likeness (QED) is 0.715. The van der Waals surface area contributed by atoms with Crippen molar-refractivity contribution in [2.24, 2.45) is 0 Å². The van der Waals surface area contributed by atoms with Gasteiger partial charge in [-0.25, -0.2) is 0 Å². The van der Waals surface area contributed by atoms with Crippen LogP contribution >= 0.6 is 49.9 Å². The summed E-state index contributed by atoms with van der Waals surface area (Å²) in [5, 5.41) is 2.08. The van der Waals surface area contributed by atoms with Crippen LogP contribution in [0.2, 0.25) is 0 Å². The Morgan fingerprint density at radius 2 is 2.17 bits per heavy atom. The van der Waals surface area contributed by atoms with Crippen molar-refractivity contribution in [1.29, 1.82) is 0 Å². The van der Waals surface area contributed by atoms with Crippen LogP contribution in [0.4, 0.5) is 5.00 Å². The van der Waals surface area contributed by atoms with Gasteiger partial charge < -0.3 is 5.73 Å². The topological polar surface area (TPSA) is 26.0 Å². The van der Waals surface area contributed by atoms with Crippen LogP contribution in [0.15, 0.2) is 22.7 Å². The molecule has 1 heterocycles. The Bertz CT molecular complexity index is 438. The number of rotatable bonds is 0. The zero-order chi connectivity index (χ0) is 8.72. The third-order valence-electron chi connectivity index (χ3n) is 1.60. The standard InChI is InChI=1S/C8H5BrINS/c9-7-5(10)2-1-4-3-6(11)12-8(4)7/h1-3H,11H2.